The van der Waals surface area contributed by atoms with Crippen LogP contribution in [0.4, 0.5) is 0 Å². The minimum absolute atomic E-state index is 0.755. The maximum atomic E-state index is 5.51. The normalized spacial score (nSPS) is 21.6. The summed E-state index contributed by atoms with van der Waals surface area (Å²) < 4.78 is 0. The smallest absolute Gasteiger partial charge is 0.0129 e. The van der Waals surface area contributed by atoms with Crippen LogP contribution in [0.25, 0.3) is 0 Å². The topological polar surface area (TPSA) is 29.3 Å². The average Bonchev–Trinajstić information content (AvgIpc) is 2.63. The summed E-state index contributed by atoms with van der Waals surface area (Å²) in [4.78, 5) is 2.31. The Balaban J connectivity index is 2.26. The Morgan fingerprint density at radius 3 is 2.40 bits per heavy atom. The minimum atomic E-state index is 0.755. The molecule has 2 heteroatoms. The van der Waals surface area contributed by atoms with Gasteiger partial charge in [-0.25, -0.2) is 0 Å². The van der Waals surface area contributed by atoms with E-state index in [1.807, 2.05) is 0 Å². The Labute approximate surface area is 63.4 Å². The van der Waals surface area contributed by atoms with Crippen molar-refractivity contribution in [1.82, 2.24) is 4.90 Å². The van der Waals surface area contributed by atoms with Crippen LogP contribution in [0, 0.1) is 5.92 Å². The molecule has 0 aromatic heterocycles. The van der Waals surface area contributed by atoms with Crippen molar-refractivity contribution < 1.29 is 0 Å². The maximum absolute atomic E-state index is 5.51. The molecule has 60 valence electrons. The first-order chi connectivity index (χ1) is 4.75. The van der Waals surface area contributed by atoms with Crippen molar-refractivity contribution in [1.29, 1.82) is 0 Å². The van der Waals surface area contributed by atoms with E-state index in [4.69, 9.17) is 5.73 Å². The van der Waals surface area contributed by atoms with Gasteiger partial charge in [0, 0.05) is 6.04 Å². The number of hydrogen-bond acceptors (Lipinski definition) is 2. The van der Waals surface area contributed by atoms with E-state index in [0.29, 0.717) is 0 Å². The summed E-state index contributed by atoms with van der Waals surface area (Å²) in [6.07, 6.45) is 4.00. The Hall–Kier alpha value is -0.0800. The Bertz CT molecular complexity index is 95.4. The van der Waals surface area contributed by atoms with Gasteiger partial charge in [0.05, 0.1) is 0 Å². The first-order valence-corrected chi connectivity index (χ1v) is 4.12. The van der Waals surface area contributed by atoms with Crippen molar-refractivity contribution in [3.63, 3.8) is 0 Å². The zero-order valence-corrected chi connectivity index (χ0v) is 7.01. The molecule has 0 aliphatic heterocycles. The lowest BCUT2D eigenvalue weighted by Crippen LogP contribution is -2.31. The van der Waals surface area contributed by atoms with Crippen molar-refractivity contribution in [2.75, 3.05) is 20.6 Å². The molecule has 1 fully saturated rings. The standard InChI is InChI=1S/C8H18N2/c1-10(2)8(5-6-9)7-3-4-7/h7-8H,3-6,9H2,1-2H3. The number of hydrogen-bond donors (Lipinski definition) is 1. The second-order valence-corrected chi connectivity index (χ2v) is 3.45. The van der Waals surface area contributed by atoms with Gasteiger partial charge in [-0.05, 0) is 45.8 Å². The van der Waals surface area contributed by atoms with Gasteiger partial charge in [-0.15, -0.1) is 0 Å². The van der Waals surface area contributed by atoms with Gasteiger partial charge in [0.15, 0.2) is 0 Å². The molecule has 10 heavy (non-hydrogen) atoms. The third-order valence-corrected chi connectivity index (χ3v) is 2.29. The molecule has 2 nitrogen and oxygen atoms in total. The van der Waals surface area contributed by atoms with Crippen LogP contribution in [0.5, 0.6) is 0 Å². The van der Waals surface area contributed by atoms with Crippen molar-refractivity contribution in [3.8, 4) is 0 Å². The van der Waals surface area contributed by atoms with Crippen LogP contribution in [0.2, 0.25) is 0 Å². The predicted octanol–water partition coefficient (Wildman–Crippen LogP) is 0.675. The number of rotatable bonds is 4. The molecule has 0 amide bonds. The van der Waals surface area contributed by atoms with E-state index in [1.54, 1.807) is 0 Å². The van der Waals surface area contributed by atoms with E-state index >= 15 is 0 Å². The molecule has 1 saturated carbocycles. The van der Waals surface area contributed by atoms with Crippen molar-refractivity contribution >= 4 is 0 Å². The SMILES string of the molecule is CN(C)C(CCN)C1CC1. The molecule has 0 saturated heterocycles. The highest BCUT2D eigenvalue weighted by molar-refractivity contribution is 4.86. The summed E-state index contributed by atoms with van der Waals surface area (Å²) in [6, 6.07) is 0.755. The summed E-state index contributed by atoms with van der Waals surface area (Å²) >= 11 is 0. The Kier molecular flexibility index (Phi) is 2.69. The van der Waals surface area contributed by atoms with E-state index < -0.39 is 0 Å². The van der Waals surface area contributed by atoms with Gasteiger partial charge in [0.1, 0.15) is 0 Å². The van der Waals surface area contributed by atoms with E-state index in [-0.39, 0.29) is 0 Å². The second-order valence-electron chi connectivity index (χ2n) is 3.45. The zero-order valence-electron chi connectivity index (χ0n) is 7.01. The van der Waals surface area contributed by atoms with Gasteiger partial charge >= 0.3 is 0 Å². The molecule has 1 unspecified atom stereocenters. The predicted molar refractivity (Wildman–Crippen MR) is 43.9 cm³/mol. The van der Waals surface area contributed by atoms with E-state index in [1.165, 1.54) is 12.8 Å². The molecule has 1 aliphatic rings. The Morgan fingerprint density at radius 1 is 1.50 bits per heavy atom. The van der Waals surface area contributed by atoms with E-state index in [9.17, 15) is 0 Å². The first-order valence-electron chi connectivity index (χ1n) is 4.12. The van der Waals surface area contributed by atoms with Crippen LogP contribution in [-0.4, -0.2) is 31.6 Å². The van der Waals surface area contributed by atoms with Crippen LogP contribution in [0.1, 0.15) is 19.3 Å². The monoisotopic (exact) mass is 142 g/mol. The van der Waals surface area contributed by atoms with Crippen molar-refractivity contribution in [2.45, 2.75) is 25.3 Å². The third-order valence-electron chi connectivity index (χ3n) is 2.29. The quantitative estimate of drug-likeness (QED) is 0.625. The largest absolute Gasteiger partial charge is 0.330 e. The lowest BCUT2D eigenvalue weighted by atomic mass is 10.1. The molecular weight excluding hydrogens is 124 g/mol. The van der Waals surface area contributed by atoms with Crippen LogP contribution in [-0.2, 0) is 0 Å². The summed E-state index contributed by atoms with van der Waals surface area (Å²) in [7, 11) is 4.30. The third kappa shape index (κ3) is 1.96. The van der Waals surface area contributed by atoms with Crippen LogP contribution >= 0.6 is 0 Å². The second kappa shape index (κ2) is 3.35. The van der Waals surface area contributed by atoms with Crippen molar-refractivity contribution in [3.05, 3.63) is 0 Å². The van der Waals surface area contributed by atoms with Crippen LogP contribution < -0.4 is 5.73 Å². The summed E-state index contributed by atoms with van der Waals surface area (Å²) in [5.41, 5.74) is 5.51. The molecule has 0 aromatic rings. The average molecular weight is 142 g/mol. The molecule has 0 aromatic carbocycles. The molecule has 1 aliphatic carbocycles. The first kappa shape index (κ1) is 8.02. The van der Waals surface area contributed by atoms with Gasteiger partial charge in [-0.3, -0.25) is 0 Å². The molecule has 1 rings (SSSR count). The van der Waals surface area contributed by atoms with E-state index in [2.05, 4.69) is 19.0 Å². The fourth-order valence-corrected chi connectivity index (χ4v) is 1.57. The lowest BCUT2D eigenvalue weighted by molar-refractivity contribution is 0.253. The molecule has 1 atom stereocenters. The van der Waals surface area contributed by atoms with Gasteiger partial charge in [0.25, 0.3) is 0 Å². The summed E-state index contributed by atoms with van der Waals surface area (Å²) in [6.45, 7) is 0.833. The molecule has 0 radical (unpaired) electrons. The fourth-order valence-electron chi connectivity index (χ4n) is 1.57. The van der Waals surface area contributed by atoms with Crippen LogP contribution in [0.15, 0.2) is 0 Å². The Morgan fingerprint density at radius 2 is 2.10 bits per heavy atom. The zero-order chi connectivity index (χ0) is 7.56. The molecule has 0 spiro atoms. The number of nitrogens with zero attached hydrogens (tertiary/aromatic N) is 1. The summed E-state index contributed by atoms with van der Waals surface area (Å²) in [5, 5.41) is 0. The fraction of sp³-hybridized carbons (Fsp3) is 1.00. The van der Waals surface area contributed by atoms with Crippen LogP contribution in [0.3, 0.4) is 0 Å². The van der Waals surface area contributed by atoms with Gasteiger partial charge < -0.3 is 10.6 Å². The van der Waals surface area contributed by atoms with Crippen molar-refractivity contribution in [2.24, 2.45) is 11.7 Å². The highest BCUT2D eigenvalue weighted by atomic mass is 15.1. The highest BCUT2D eigenvalue weighted by Crippen LogP contribution is 2.35. The van der Waals surface area contributed by atoms with Gasteiger partial charge in [-0.2, -0.15) is 0 Å². The molecular formula is C8H18N2. The maximum Gasteiger partial charge on any atom is 0.0129 e. The molecule has 0 bridgehead atoms. The molecule has 0 heterocycles. The number of nitrogens with two attached hydrogens (primary N) is 1. The van der Waals surface area contributed by atoms with Gasteiger partial charge in [-0.1, -0.05) is 0 Å². The lowest BCUT2D eigenvalue weighted by Gasteiger charge is -2.23. The summed E-state index contributed by atoms with van der Waals surface area (Å²) in [5.74, 6) is 0.957. The highest BCUT2D eigenvalue weighted by Gasteiger charge is 2.31. The molecule has 2 N–H and O–H groups in total. The van der Waals surface area contributed by atoms with E-state index in [0.717, 1.165) is 24.9 Å². The van der Waals surface area contributed by atoms with Gasteiger partial charge in [0.2, 0.25) is 0 Å². The minimum Gasteiger partial charge on any atom is -0.330 e.